The summed E-state index contributed by atoms with van der Waals surface area (Å²) in [5.74, 6) is 0.550. The molecule has 0 bridgehead atoms. The first-order valence-electron chi connectivity index (χ1n) is 5.67. The minimum atomic E-state index is 0.550. The van der Waals surface area contributed by atoms with E-state index in [0.717, 1.165) is 18.5 Å². The second-order valence-electron chi connectivity index (χ2n) is 4.38. The van der Waals surface area contributed by atoms with Crippen LogP contribution in [0.15, 0.2) is 24.4 Å². The van der Waals surface area contributed by atoms with Crippen molar-refractivity contribution < 1.29 is 0 Å². The number of nitrogens with zero attached hydrogens (tertiary/aromatic N) is 1. The molecule has 0 amide bonds. The molecule has 0 radical (unpaired) electrons. The summed E-state index contributed by atoms with van der Waals surface area (Å²) in [4.78, 5) is 4.36. The SMILES string of the molecule is C=C(Cc1c(CC)ccnc1C)C(C)C. The van der Waals surface area contributed by atoms with E-state index in [-0.39, 0.29) is 0 Å². The van der Waals surface area contributed by atoms with Crippen LogP contribution in [0.3, 0.4) is 0 Å². The fourth-order valence-electron chi connectivity index (χ4n) is 1.65. The molecule has 0 spiro atoms. The second-order valence-corrected chi connectivity index (χ2v) is 4.38. The summed E-state index contributed by atoms with van der Waals surface area (Å²) in [6.07, 6.45) is 3.94. The van der Waals surface area contributed by atoms with E-state index >= 15 is 0 Å². The van der Waals surface area contributed by atoms with E-state index in [4.69, 9.17) is 0 Å². The molecule has 0 fully saturated rings. The molecule has 1 aromatic heterocycles. The smallest absolute Gasteiger partial charge is 0.0410 e. The lowest BCUT2D eigenvalue weighted by molar-refractivity contribution is 0.739. The molecule has 1 nitrogen and oxygen atoms in total. The minimum absolute atomic E-state index is 0.550. The lowest BCUT2D eigenvalue weighted by Crippen LogP contribution is -2.03. The summed E-state index contributed by atoms with van der Waals surface area (Å²) in [5, 5.41) is 0. The fraction of sp³-hybridized carbons (Fsp3) is 0.500. The third kappa shape index (κ3) is 2.92. The van der Waals surface area contributed by atoms with Crippen molar-refractivity contribution in [1.82, 2.24) is 4.98 Å². The van der Waals surface area contributed by atoms with Gasteiger partial charge in [0.15, 0.2) is 0 Å². The lowest BCUT2D eigenvalue weighted by atomic mass is 9.93. The molecule has 1 aromatic rings. The lowest BCUT2D eigenvalue weighted by Gasteiger charge is -2.14. The van der Waals surface area contributed by atoms with Crippen LogP contribution in [0.1, 0.15) is 37.6 Å². The van der Waals surface area contributed by atoms with E-state index in [1.165, 1.54) is 16.7 Å². The van der Waals surface area contributed by atoms with Crippen LogP contribution in [0.25, 0.3) is 0 Å². The Kier molecular flexibility index (Phi) is 4.07. The van der Waals surface area contributed by atoms with Crippen LogP contribution < -0.4 is 0 Å². The predicted molar refractivity (Wildman–Crippen MR) is 66.0 cm³/mol. The van der Waals surface area contributed by atoms with Crippen molar-refractivity contribution in [2.24, 2.45) is 5.92 Å². The first-order valence-corrected chi connectivity index (χ1v) is 5.67. The molecule has 1 heteroatoms. The summed E-state index contributed by atoms with van der Waals surface area (Å²) in [6, 6.07) is 2.12. The molecule has 0 unspecified atom stereocenters. The van der Waals surface area contributed by atoms with Gasteiger partial charge in [0.1, 0.15) is 0 Å². The molecule has 0 N–H and O–H groups in total. The highest BCUT2D eigenvalue weighted by Gasteiger charge is 2.08. The molecule has 0 saturated heterocycles. The molecule has 15 heavy (non-hydrogen) atoms. The zero-order valence-electron chi connectivity index (χ0n) is 10.3. The third-order valence-electron chi connectivity index (χ3n) is 2.97. The van der Waals surface area contributed by atoms with E-state index in [1.54, 1.807) is 0 Å². The summed E-state index contributed by atoms with van der Waals surface area (Å²) < 4.78 is 0. The van der Waals surface area contributed by atoms with Crippen molar-refractivity contribution in [2.75, 3.05) is 0 Å². The standard InChI is InChI=1S/C14H21N/c1-6-13-7-8-15-12(5)14(13)9-11(4)10(2)3/h7-8,10H,4,6,9H2,1-3,5H3. The largest absolute Gasteiger partial charge is 0.261 e. The summed E-state index contributed by atoms with van der Waals surface area (Å²) >= 11 is 0. The van der Waals surface area contributed by atoms with E-state index in [9.17, 15) is 0 Å². The molecular formula is C14H21N. The Labute approximate surface area is 93.2 Å². The maximum Gasteiger partial charge on any atom is 0.0410 e. The van der Waals surface area contributed by atoms with Gasteiger partial charge in [-0.05, 0) is 42.9 Å². The molecule has 0 aliphatic rings. The van der Waals surface area contributed by atoms with Crippen LogP contribution in [-0.2, 0) is 12.8 Å². The number of aryl methyl sites for hydroxylation is 2. The highest BCUT2D eigenvalue weighted by atomic mass is 14.7. The van der Waals surface area contributed by atoms with Gasteiger partial charge in [-0.2, -0.15) is 0 Å². The van der Waals surface area contributed by atoms with Crippen molar-refractivity contribution in [2.45, 2.75) is 40.5 Å². The van der Waals surface area contributed by atoms with Crippen LogP contribution >= 0.6 is 0 Å². The number of hydrogen-bond acceptors (Lipinski definition) is 1. The molecule has 1 heterocycles. The monoisotopic (exact) mass is 203 g/mol. The molecule has 82 valence electrons. The van der Waals surface area contributed by atoms with Crippen LogP contribution in [0, 0.1) is 12.8 Å². The van der Waals surface area contributed by atoms with E-state index in [1.807, 2.05) is 6.20 Å². The normalized spacial score (nSPS) is 10.7. The number of allylic oxidation sites excluding steroid dienone is 1. The average molecular weight is 203 g/mol. The van der Waals surface area contributed by atoms with Crippen LogP contribution in [0.2, 0.25) is 0 Å². The predicted octanol–water partition coefficient (Wildman–Crippen LogP) is 3.71. The molecule has 1 rings (SSSR count). The number of rotatable bonds is 4. The average Bonchev–Trinajstić information content (AvgIpc) is 2.20. The van der Waals surface area contributed by atoms with Crippen LogP contribution in [0.4, 0.5) is 0 Å². The van der Waals surface area contributed by atoms with Crippen LogP contribution in [-0.4, -0.2) is 4.98 Å². The summed E-state index contributed by atoms with van der Waals surface area (Å²) in [6.45, 7) is 12.8. The number of aromatic nitrogens is 1. The Morgan fingerprint density at radius 2 is 2.13 bits per heavy atom. The summed E-state index contributed by atoms with van der Waals surface area (Å²) in [5.41, 5.74) is 5.22. The molecule has 0 aliphatic carbocycles. The van der Waals surface area contributed by atoms with Gasteiger partial charge in [0.25, 0.3) is 0 Å². The van der Waals surface area contributed by atoms with Crippen molar-refractivity contribution in [3.8, 4) is 0 Å². The van der Waals surface area contributed by atoms with Crippen molar-refractivity contribution in [1.29, 1.82) is 0 Å². The Balaban J connectivity index is 2.97. The summed E-state index contributed by atoms with van der Waals surface area (Å²) in [7, 11) is 0. The number of pyridine rings is 1. The topological polar surface area (TPSA) is 12.9 Å². The first-order chi connectivity index (χ1) is 7.06. The van der Waals surface area contributed by atoms with Gasteiger partial charge in [-0.15, -0.1) is 0 Å². The zero-order valence-corrected chi connectivity index (χ0v) is 10.3. The van der Waals surface area contributed by atoms with Gasteiger partial charge in [-0.3, -0.25) is 4.98 Å². The van der Waals surface area contributed by atoms with Crippen molar-refractivity contribution >= 4 is 0 Å². The van der Waals surface area contributed by atoms with E-state index < -0.39 is 0 Å². The number of hydrogen-bond donors (Lipinski definition) is 0. The Morgan fingerprint density at radius 3 is 2.67 bits per heavy atom. The van der Waals surface area contributed by atoms with Crippen molar-refractivity contribution in [3.63, 3.8) is 0 Å². The van der Waals surface area contributed by atoms with Gasteiger partial charge >= 0.3 is 0 Å². The Morgan fingerprint density at radius 1 is 1.47 bits per heavy atom. The quantitative estimate of drug-likeness (QED) is 0.680. The highest BCUT2D eigenvalue weighted by Crippen LogP contribution is 2.20. The highest BCUT2D eigenvalue weighted by molar-refractivity contribution is 5.33. The molecule has 0 aliphatic heterocycles. The van der Waals surface area contributed by atoms with Crippen LogP contribution in [0.5, 0.6) is 0 Å². The molecule has 0 saturated carbocycles. The minimum Gasteiger partial charge on any atom is -0.261 e. The molecule has 0 aromatic carbocycles. The fourth-order valence-corrected chi connectivity index (χ4v) is 1.65. The van der Waals surface area contributed by atoms with Gasteiger partial charge in [0.05, 0.1) is 0 Å². The first kappa shape index (κ1) is 12.0. The van der Waals surface area contributed by atoms with Gasteiger partial charge in [0, 0.05) is 11.9 Å². The molecule has 0 atom stereocenters. The maximum atomic E-state index is 4.36. The molecular weight excluding hydrogens is 182 g/mol. The Bertz CT molecular complexity index is 350. The van der Waals surface area contributed by atoms with E-state index in [0.29, 0.717) is 5.92 Å². The maximum absolute atomic E-state index is 4.36. The second kappa shape index (κ2) is 5.11. The zero-order chi connectivity index (χ0) is 11.4. The van der Waals surface area contributed by atoms with E-state index in [2.05, 4.69) is 45.3 Å². The van der Waals surface area contributed by atoms with Crippen molar-refractivity contribution in [3.05, 3.63) is 41.2 Å². The third-order valence-corrected chi connectivity index (χ3v) is 2.97. The van der Waals surface area contributed by atoms with Gasteiger partial charge in [-0.1, -0.05) is 32.9 Å². The van der Waals surface area contributed by atoms with Gasteiger partial charge < -0.3 is 0 Å². The van der Waals surface area contributed by atoms with Gasteiger partial charge in [-0.25, -0.2) is 0 Å². The van der Waals surface area contributed by atoms with Gasteiger partial charge in [0.2, 0.25) is 0 Å². The Hall–Kier alpha value is -1.11.